The standard InChI is InChI=1S/C10H18N4O2/c1-14-7-9(6-13-14)2-4-12-10(15)8-16-5-3-11/h6-7H,2-5,8,11H2,1H3,(H,12,15). The molecule has 0 spiro atoms. The number of carbonyl (C=O) groups excluding carboxylic acids is 1. The number of rotatable bonds is 7. The summed E-state index contributed by atoms with van der Waals surface area (Å²) >= 11 is 0. The maximum absolute atomic E-state index is 11.2. The normalized spacial score (nSPS) is 10.4. The molecule has 0 aliphatic rings. The Bertz CT molecular complexity index is 324. The lowest BCUT2D eigenvalue weighted by molar-refractivity contribution is -0.125. The summed E-state index contributed by atoms with van der Waals surface area (Å²) in [6, 6.07) is 0. The van der Waals surface area contributed by atoms with Gasteiger partial charge in [0.2, 0.25) is 5.91 Å². The molecule has 90 valence electrons. The zero-order valence-corrected chi connectivity index (χ0v) is 9.48. The average molecular weight is 226 g/mol. The smallest absolute Gasteiger partial charge is 0.246 e. The van der Waals surface area contributed by atoms with E-state index in [0.29, 0.717) is 19.7 Å². The molecule has 1 aromatic heterocycles. The summed E-state index contributed by atoms with van der Waals surface area (Å²) in [5, 5.41) is 6.80. The Balaban J connectivity index is 2.08. The molecule has 1 amide bonds. The van der Waals surface area contributed by atoms with Gasteiger partial charge >= 0.3 is 0 Å². The van der Waals surface area contributed by atoms with Gasteiger partial charge in [0, 0.05) is 26.3 Å². The van der Waals surface area contributed by atoms with E-state index in [-0.39, 0.29) is 12.5 Å². The molecule has 0 aromatic carbocycles. The second-order valence-corrected chi connectivity index (χ2v) is 3.46. The Labute approximate surface area is 94.8 Å². The Kier molecular flexibility index (Phi) is 5.52. The molecule has 6 heteroatoms. The van der Waals surface area contributed by atoms with Gasteiger partial charge in [-0.3, -0.25) is 9.48 Å². The average Bonchev–Trinajstić information content (AvgIpc) is 2.65. The van der Waals surface area contributed by atoms with Crippen LogP contribution in [0.25, 0.3) is 0 Å². The maximum atomic E-state index is 11.2. The second-order valence-electron chi connectivity index (χ2n) is 3.46. The molecule has 0 fully saturated rings. The first-order valence-electron chi connectivity index (χ1n) is 5.24. The van der Waals surface area contributed by atoms with E-state index >= 15 is 0 Å². The molecule has 0 bridgehead atoms. The minimum absolute atomic E-state index is 0.0737. The number of nitrogens with one attached hydrogen (secondary N) is 1. The van der Waals surface area contributed by atoms with Gasteiger partial charge in [-0.25, -0.2) is 0 Å². The van der Waals surface area contributed by atoms with Crippen molar-refractivity contribution in [3.05, 3.63) is 18.0 Å². The van der Waals surface area contributed by atoms with Crippen LogP contribution in [0.1, 0.15) is 5.56 Å². The van der Waals surface area contributed by atoms with E-state index in [2.05, 4.69) is 10.4 Å². The van der Waals surface area contributed by atoms with Crippen LogP contribution in [0.2, 0.25) is 0 Å². The first kappa shape index (κ1) is 12.7. The molecule has 0 unspecified atom stereocenters. The first-order chi connectivity index (χ1) is 7.72. The van der Waals surface area contributed by atoms with Crippen LogP contribution in [0.4, 0.5) is 0 Å². The summed E-state index contributed by atoms with van der Waals surface area (Å²) in [5.41, 5.74) is 6.33. The lowest BCUT2D eigenvalue weighted by Crippen LogP contribution is -2.30. The number of amides is 1. The van der Waals surface area contributed by atoms with Crippen molar-refractivity contribution < 1.29 is 9.53 Å². The third-order valence-electron chi connectivity index (χ3n) is 1.99. The van der Waals surface area contributed by atoms with E-state index in [0.717, 1.165) is 12.0 Å². The van der Waals surface area contributed by atoms with Gasteiger partial charge < -0.3 is 15.8 Å². The molecular weight excluding hydrogens is 208 g/mol. The summed E-state index contributed by atoms with van der Waals surface area (Å²) in [6.45, 7) is 1.51. The number of carbonyl (C=O) groups is 1. The molecule has 0 aliphatic heterocycles. The van der Waals surface area contributed by atoms with Crippen LogP contribution >= 0.6 is 0 Å². The Morgan fingerprint density at radius 1 is 1.69 bits per heavy atom. The highest BCUT2D eigenvalue weighted by molar-refractivity contribution is 5.77. The molecule has 0 atom stereocenters. The Morgan fingerprint density at radius 2 is 2.50 bits per heavy atom. The van der Waals surface area contributed by atoms with Crippen LogP contribution in [-0.2, 0) is 23.0 Å². The monoisotopic (exact) mass is 226 g/mol. The SMILES string of the molecule is Cn1cc(CCNC(=O)COCCN)cn1. The summed E-state index contributed by atoms with van der Waals surface area (Å²) in [7, 11) is 1.86. The molecule has 1 heterocycles. The van der Waals surface area contributed by atoms with Gasteiger partial charge in [-0.15, -0.1) is 0 Å². The Hall–Kier alpha value is -1.40. The lowest BCUT2D eigenvalue weighted by atomic mass is 10.2. The van der Waals surface area contributed by atoms with Crippen LogP contribution in [0.5, 0.6) is 0 Å². The summed E-state index contributed by atoms with van der Waals surface area (Å²) in [6.07, 6.45) is 4.49. The highest BCUT2D eigenvalue weighted by Gasteiger charge is 2.01. The predicted molar refractivity (Wildman–Crippen MR) is 59.8 cm³/mol. The number of ether oxygens (including phenoxy) is 1. The van der Waals surface area contributed by atoms with Crippen LogP contribution < -0.4 is 11.1 Å². The second kappa shape index (κ2) is 6.97. The van der Waals surface area contributed by atoms with E-state index in [1.165, 1.54) is 0 Å². The van der Waals surface area contributed by atoms with Crippen LogP contribution in [0.15, 0.2) is 12.4 Å². The third kappa shape index (κ3) is 4.90. The number of nitrogens with zero attached hydrogens (tertiary/aromatic N) is 2. The molecule has 0 radical (unpaired) electrons. The highest BCUT2D eigenvalue weighted by Crippen LogP contribution is 1.95. The van der Waals surface area contributed by atoms with Crippen molar-refractivity contribution in [3.63, 3.8) is 0 Å². The largest absolute Gasteiger partial charge is 0.370 e. The summed E-state index contributed by atoms with van der Waals surface area (Å²) < 4.78 is 6.74. The molecule has 3 N–H and O–H groups in total. The van der Waals surface area contributed by atoms with Crippen molar-refractivity contribution in [2.24, 2.45) is 12.8 Å². The predicted octanol–water partition coefficient (Wildman–Crippen LogP) is -0.946. The van der Waals surface area contributed by atoms with E-state index in [4.69, 9.17) is 10.5 Å². The van der Waals surface area contributed by atoms with Crippen LogP contribution in [-0.4, -0.2) is 42.0 Å². The van der Waals surface area contributed by atoms with Gasteiger partial charge in [0.15, 0.2) is 0 Å². The van der Waals surface area contributed by atoms with Crippen molar-refractivity contribution >= 4 is 5.91 Å². The first-order valence-corrected chi connectivity index (χ1v) is 5.24. The van der Waals surface area contributed by atoms with Crippen LogP contribution in [0, 0.1) is 0 Å². The van der Waals surface area contributed by atoms with Gasteiger partial charge in [0.05, 0.1) is 12.8 Å². The lowest BCUT2D eigenvalue weighted by Gasteiger charge is -2.04. The van der Waals surface area contributed by atoms with Crippen molar-refractivity contribution in [2.45, 2.75) is 6.42 Å². The maximum Gasteiger partial charge on any atom is 0.246 e. The molecular formula is C10H18N4O2. The van der Waals surface area contributed by atoms with Crippen LogP contribution in [0.3, 0.4) is 0 Å². The highest BCUT2D eigenvalue weighted by atomic mass is 16.5. The summed E-state index contributed by atoms with van der Waals surface area (Å²) in [4.78, 5) is 11.2. The number of aryl methyl sites for hydroxylation is 1. The molecule has 6 nitrogen and oxygen atoms in total. The quantitative estimate of drug-likeness (QED) is 0.587. The van der Waals surface area contributed by atoms with Gasteiger partial charge in [0.1, 0.15) is 6.61 Å². The number of aromatic nitrogens is 2. The number of nitrogens with two attached hydrogens (primary N) is 1. The molecule has 16 heavy (non-hydrogen) atoms. The topological polar surface area (TPSA) is 82.2 Å². The number of hydrogen-bond acceptors (Lipinski definition) is 4. The fraction of sp³-hybridized carbons (Fsp3) is 0.600. The van der Waals surface area contributed by atoms with Gasteiger partial charge in [-0.2, -0.15) is 5.10 Å². The number of hydrogen-bond donors (Lipinski definition) is 2. The fourth-order valence-electron chi connectivity index (χ4n) is 1.25. The minimum atomic E-state index is -0.114. The van der Waals surface area contributed by atoms with E-state index in [1.54, 1.807) is 10.9 Å². The van der Waals surface area contributed by atoms with Gasteiger partial charge in [-0.05, 0) is 12.0 Å². The van der Waals surface area contributed by atoms with E-state index < -0.39 is 0 Å². The fourth-order valence-corrected chi connectivity index (χ4v) is 1.25. The minimum Gasteiger partial charge on any atom is -0.370 e. The van der Waals surface area contributed by atoms with Gasteiger partial charge in [-0.1, -0.05) is 0 Å². The molecule has 0 saturated carbocycles. The molecule has 1 rings (SSSR count). The zero-order valence-electron chi connectivity index (χ0n) is 9.48. The van der Waals surface area contributed by atoms with Crippen molar-refractivity contribution in [1.29, 1.82) is 0 Å². The van der Waals surface area contributed by atoms with Crippen molar-refractivity contribution in [1.82, 2.24) is 15.1 Å². The third-order valence-corrected chi connectivity index (χ3v) is 1.99. The van der Waals surface area contributed by atoms with Crippen molar-refractivity contribution in [3.8, 4) is 0 Å². The van der Waals surface area contributed by atoms with Gasteiger partial charge in [0.25, 0.3) is 0 Å². The molecule has 0 saturated heterocycles. The molecule has 0 aliphatic carbocycles. The molecule has 1 aromatic rings. The van der Waals surface area contributed by atoms with Crippen molar-refractivity contribution in [2.75, 3.05) is 26.3 Å². The van der Waals surface area contributed by atoms with E-state index in [9.17, 15) is 4.79 Å². The van der Waals surface area contributed by atoms with E-state index in [1.807, 2.05) is 13.2 Å². The Morgan fingerprint density at radius 3 is 3.12 bits per heavy atom. The summed E-state index contributed by atoms with van der Waals surface area (Å²) in [5.74, 6) is -0.114. The zero-order chi connectivity index (χ0) is 11.8.